The number of aryl methyl sites for hydroxylation is 1. The molecule has 2 heterocycles. The molecule has 0 spiro atoms. The number of halogens is 1. The van der Waals surface area contributed by atoms with E-state index in [1.54, 1.807) is 7.11 Å². The van der Waals surface area contributed by atoms with Crippen molar-refractivity contribution in [3.05, 3.63) is 89.1 Å². The molecule has 0 bridgehead atoms. The molecule has 0 aliphatic rings. The Morgan fingerprint density at radius 2 is 1.83 bits per heavy atom. The molecular formula is C27H23ClN4O3. The van der Waals surface area contributed by atoms with Gasteiger partial charge in [-0.15, -0.1) is 5.10 Å². The van der Waals surface area contributed by atoms with Gasteiger partial charge in [0.15, 0.2) is 6.61 Å². The minimum Gasteiger partial charge on any atom is -0.497 e. The number of carbonyl (C=O) groups is 1. The average molecular weight is 487 g/mol. The van der Waals surface area contributed by atoms with E-state index in [0.717, 1.165) is 33.1 Å². The molecule has 1 N–H and O–H groups in total. The zero-order valence-electron chi connectivity index (χ0n) is 19.3. The van der Waals surface area contributed by atoms with E-state index < -0.39 is 0 Å². The number of nitrogens with one attached hydrogen (secondary N) is 1. The first-order valence-corrected chi connectivity index (χ1v) is 11.5. The lowest BCUT2D eigenvalue weighted by Crippen LogP contribution is -2.20. The van der Waals surface area contributed by atoms with Crippen LogP contribution in [0.15, 0.2) is 72.8 Å². The third-order valence-corrected chi connectivity index (χ3v) is 5.88. The second-order valence-corrected chi connectivity index (χ2v) is 8.57. The summed E-state index contributed by atoms with van der Waals surface area (Å²) in [5.74, 6) is 0.749. The molecule has 1 amide bonds. The Morgan fingerprint density at radius 1 is 1.03 bits per heavy atom. The fourth-order valence-electron chi connectivity index (χ4n) is 3.98. The monoisotopic (exact) mass is 486 g/mol. The lowest BCUT2D eigenvalue weighted by Gasteiger charge is -2.10. The van der Waals surface area contributed by atoms with Crippen LogP contribution in [0, 0.1) is 6.92 Å². The Hall–Kier alpha value is -4.10. The van der Waals surface area contributed by atoms with Gasteiger partial charge in [0.1, 0.15) is 5.75 Å². The van der Waals surface area contributed by atoms with Crippen LogP contribution in [0.4, 0.5) is 5.69 Å². The van der Waals surface area contributed by atoms with Crippen molar-refractivity contribution in [3.8, 4) is 11.6 Å². The number of carbonyl (C=O) groups excluding carboxylic acids is 1. The maximum absolute atomic E-state index is 12.8. The van der Waals surface area contributed by atoms with E-state index in [2.05, 4.69) is 15.4 Å². The molecule has 0 aliphatic heterocycles. The fraction of sp³-hybridized carbons (Fsp3) is 0.148. The summed E-state index contributed by atoms with van der Waals surface area (Å²) in [6.45, 7) is 2.23. The summed E-state index contributed by atoms with van der Waals surface area (Å²) >= 11 is 6.02. The predicted octanol–water partition coefficient (Wildman–Crippen LogP) is 5.62. The van der Waals surface area contributed by atoms with E-state index in [4.69, 9.17) is 21.1 Å². The number of anilines is 1. The van der Waals surface area contributed by atoms with E-state index in [-0.39, 0.29) is 12.5 Å². The molecule has 0 atom stereocenters. The van der Waals surface area contributed by atoms with Gasteiger partial charge in [0.05, 0.1) is 35.8 Å². The quantitative estimate of drug-likeness (QED) is 0.323. The van der Waals surface area contributed by atoms with Gasteiger partial charge in [0, 0.05) is 16.1 Å². The number of amides is 1. The first-order valence-electron chi connectivity index (χ1n) is 11.1. The van der Waals surface area contributed by atoms with Crippen LogP contribution in [0.5, 0.6) is 11.6 Å². The molecule has 2 aromatic heterocycles. The van der Waals surface area contributed by atoms with E-state index in [1.807, 2.05) is 84.4 Å². The minimum atomic E-state index is -0.288. The molecule has 0 aliphatic carbocycles. The maximum atomic E-state index is 12.8. The number of para-hydroxylation sites is 1. The van der Waals surface area contributed by atoms with Crippen LogP contribution in [-0.2, 0) is 11.3 Å². The standard InChI is InChI=1S/C27H23ClN4O3/c1-17-13-24(21-5-3-4-6-23(21)29-17)30-26(33)16-35-27-22-14-20(34-2)11-12-25(22)32(31-27)15-18-7-9-19(28)10-8-18/h3-14H,15-16H2,1-2H3,(H,29,30,33). The number of rotatable bonds is 7. The maximum Gasteiger partial charge on any atom is 0.262 e. The summed E-state index contributed by atoms with van der Waals surface area (Å²) in [5.41, 5.74) is 4.24. The molecule has 7 nitrogen and oxygen atoms in total. The second kappa shape index (κ2) is 9.64. The van der Waals surface area contributed by atoms with Gasteiger partial charge in [-0.05, 0) is 55.0 Å². The lowest BCUT2D eigenvalue weighted by molar-refractivity contribution is -0.118. The molecule has 3 aromatic carbocycles. The normalized spacial score (nSPS) is 11.1. The van der Waals surface area contributed by atoms with Crippen molar-refractivity contribution >= 4 is 45.0 Å². The van der Waals surface area contributed by atoms with Crippen LogP contribution >= 0.6 is 11.6 Å². The Labute approximate surface area is 207 Å². The largest absolute Gasteiger partial charge is 0.497 e. The smallest absolute Gasteiger partial charge is 0.262 e. The number of methoxy groups -OCH3 is 1. The highest BCUT2D eigenvalue weighted by molar-refractivity contribution is 6.30. The molecule has 176 valence electrons. The first kappa shape index (κ1) is 22.7. The summed E-state index contributed by atoms with van der Waals surface area (Å²) in [5, 5.41) is 9.89. The van der Waals surface area contributed by atoms with Crippen LogP contribution in [0.2, 0.25) is 5.02 Å². The molecule has 35 heavy (non-hydrogen) atoms. The SMILES string of the molecule is COc1ccc2c(c1)c(OCC(=O)Nc1cc(C)nc3ccccc13)nn2Cc1ccc(Cl)cc1. The number of pyridine rings is 1. The van der Waals surface area contributed by atoms with E-state index in [9.17, 15) is 4.79 Å². The van der Waals surface area contributed by atoms with Crippen molar-refractivity contribution < 1.29 is 14.3 Å². The van der Waals surface area contributed by atoms with Gasteiger partial charge < -0.3 is 14.8 Å². The number of benzene rings is 3. The van der Waals surface area contributed by atoms with Crippen molar-refractivity contribution in [3.63, 3.8) is 0 Å². The molecule has 0 unspecified atom stereocenters. The highest BCUT2D eigenvalue weighted by Crippen LogP contribution is 2.30. The van der Waals surface area contributed by atoms with Crippen molar-refractivity contribution in [2.45, 2.75) is 13.5 Å². The van der Waals surface area contributed by atoms with Crippen LogP contribution in [-0.4, -0.2) is 34.4 Å². The number of nitrogens with zero attached hydrogens (tertiary/aromatic N) is 3. The number of aromatic nitrogens is 3. The van der Waals surface area contributed by atoms with Gasteiger partial charge >= 0.3 is 0 Å². The number of fused-ring (bicyclic) bond motifs is 2. The summed E-state index contributed by atoms with van der Waals surface area (Å²) < 4.78 is 13.1. The van der Waals surface area contributed by atoms with Gasteiger partial charge in [-0.25, -0.2) is 0 Å². The van der Waals surface area contributed by atoms with Gasteiger partial charge in [-0.2, -0.15) is 0 Å². The number of hydrogen-bond donors (Lipinski definition) is 1. The van der Waals surface area contributed by atoms with E-state index in [0.29, 0.717) is 28.9 Å². The second-order valence-electron chi connectivity index (χ2n) is 8.14. The van der Waals surface area contributed by atoms with E-state index in [1.165, 1.54) is 0 Å². The van der Waals surface area contributed by atoms with Gasteiger partial charge in [0.25, 0.3) is 5.91 Å². The topological polar surface area (TPSA) is 78.3 Å². The summed E-state index contributed by atoms with van der Waals surface area (Å²) in [6.07, 6.45) is 0. The van der Waals surface area contributed by atoms with Gasteiger partial charge in [-0.3, -0.25) is 14.5 Å². The minimum absolute atomic E-state index is 0.194. The number of ether oxygens (including phenoxy) is 2. The zero-order chi connectivity index (χ0) is 24.4. The molecule has 5 rings (SSSR count). The molecular weight excluding hydrogens is 464 g/mol. The number of hydrogen-bond acceptors (Lipinski definition) is 5. The molecule has 0 saturated carbocycles. The zero-order valence-corrected chi connectivity index (χ0v) is 20.0. The van der Waals surface area contributed by atoms with Crippen molar-refractivity contribution in [1.82, 2.24) is 14.8 Å². The molecule has 0 saturated heterocycles. The third-order valence-electron chi connectivity index (χ3n) is 5.63. The van der Waals surface area contributed by atoms with Crippen molar-refractivity contribution in [2.75, 3.05) is 19.0 Å². The third kappa shape index (κ3) is 4.90. The van der Waals surface area contributed by atoms with Crippen LogP contribution in [0.1, 0.15) is 11.3 Å². The summed E-state index contributed by atoms with van der Waals surface area (Å²) in [7, 11) is 1.61. The van der Waals surface area contributed by atoms with Crippen molar-refractivity contribution in [1.29, 1.82) is 0 Å². The fourth-order valence-corrected chi connectivity index (χ4v) is 4.10. The lowest BCUT2D eigenvalue weighted by atomic mass is 10.1. The van der Waals surface area contributed by atoms with Crippen LogP contribution in [0.3, 0.4) is 0 Å². The summed E-state index contributed by atoms with van der Waals surface area (Å²) in [4.78, 5) is 17.3. The Morgan fingerprint density at radius 3 is 2.63 bits per heavy atom. The van der Waals surface area contributed by atoms with E-state index >= 15 is 0 Å². The Bertz CT molecular complexity index is 1530. The van der Waals surface area contributed by atoms with Crippen LogP contribution in [0.25, 0.3) is 21.8 Å². The van der Waals surface area contributed by atoms with Gasteiger partial charge in [0.2, 0.25) is 5.88 Å². The molecule has 8 heteroatoms. The van der Waals surface area contributed by atoms with Crippen molar-refractivity contribution in [2.24, 2.45) is 0 Å². The summed E-state index contributed by atoms with van der Waals surface area (Å²) in [6, 6.07) is 22.8. The average Bonchev–Trinajstić information content (AvgIpc) is 3.20. The first-order chi connectivity index (χ1) is 17.0. The highest BCUT2D eigenvalue weighted by atomic mass is 35.5. The molecule has 5 aromatic rings. The van der Waals surface area contributed by atoms with Gasteiger partial charge in [-0.1, -0.05) is 41.9 Å². The van der Waals surface area contributed by atoms with Crippen LogP contribution < -0.4 is 14.8 Å². The highest BCUT2D eigenvalue weighted by Gasteiger charge is 2.16. The Kier molecular flexibility index (Phi) is 6.25. The molecule has 0 radical (unpaired) electrons. The predicted molar refractivity (Wildman–Crippen MR) is 137 cm³/mol. The molecule has 0 fully saturated rings. The Balaban J connectivity index is 1.38.